The van der Waals surface area contributed by atoms with E-state index in [4.69, 9.17) is 0 Å². The number of thiophene rings is 1. The summed E-state index contributed by atoms with van der Waals surface area (Å²) in [5, 5.41) is 19.0. The molecular formula is C26H26F3N5O3S. The summed E-state index contributed by atoms with van der Waals surface area (Å²) < 4.78 is 39.8. The fourth-order valence-electron chi connectivity index (χ4n) is 4.04. The van der Waals surface area contributed by atoms with Crippen LogP contribution in [0, 0.1) is 5.92 Å². The van der Waals surface area contributed by atoms with E-state index in [1.807, 2.05) is 30.7 Å². The second-order valence-corrected chi connectivity index (χ2v) is 9.93. The van der Waals surface area contributed by atoms with Gasteiger partial charge in [-0.3, -0.25) is 19.0 Å². The van der Waals surface area contributed by atoms with Crippen molar-refractivity contribution in [2.45, 2.75) is 39.0 Å². The molecule has 0 aliphatic heterocycles. The predicted molar refractivity (Wildman–Crippen MR) is 137 cm³/mol. The molecule has 38 heavy (non-hydrogen) atoms. The molecule has 0 bridgehead atoms. The normalized spacial score (nSPS) is 12.6. The van der Waals surface area contributed by atoms with Crippen molar-refractivity contribution in [2.75, 3.05) is 6.61 Å². The maximum absolute atomic E-state index is 13.4. The summed E-state index contributed by atoms with van der Waals surface area (Å²) in [7, 11) is 0. The average molecular weight is 546 g/mol. The number of carbonyl (C=O) groups is 2. The van der Waals surface area contributed by atoms with E-state index in [0.717, 1.165) is 12.3 Å². The minimum atomic E-state index is -4.55. The molecule has 3 N–H and O–H groups in total. The minimum absolute atomic E-state index is 0.0517. The lowest BCUT2D eigenvalue weighted by Gasteiger charge is -2.18. The Balaban J connectivity index is 1.64. The van der Waals surface area contributed by atoms with Gasteiger partial charge in [0.25, 0.3) is 11.8 Å². The van der Waals surface area contributed by atoms with E-state index in [1.165, 1.54) is 21.8 Å². The number of halogens is 3. The number of rotatable bonds is 9. The van der Waals surface area contributed by atoms with Crippen molar-refractivity contribution in [1.82, 2.24) is 25.0 Å². The van der Waals surface area contributed by atoms with Gasteiger partial charge in [0, 0.05) is 29.9 Å². The van der Waals surface area contributed by atoms with Gasteiger partial charge >= 0.3 is 6.18 Å². The third-order valence-corrected chi connectivity index (χ3v) is 6.47. The van der Waals surface area contributed by atoms with Crippen LogP contribution in [0.2, 0.25) is 0 Å². The molecule has 0 spiro atoms. The summed E-state index contributed by atoms with van der Waals surface area (Å²) in [6.07, 6.45) is -1.28. The summed E-state index contributed by atoms with van der Waals surface area (Å²) in [4.78, 5) is 34.5. The highest BCUT2D eigenvalue weighted by Gasteiger charge is 2.32. The van der Waals surface area contributed by atoms with E-state index in [-0.39, 0.29) is 36.0 Å². The molecular weight excluding hydrogens is 519 g/mol. The molecule has 0 aromatic carbocycles. The molecule has 1 atom stereocenters. The number of nitrogens with one attached hydrogen (secondary N) is 2. The lowest BCUT2D eigenvalue weighted by Crippen LogP contribution is -2.39. The molecule has 200 valence electrons. The maximum atomic E-state index is 13.4. The predicted octanol–water partition coefficient (Wildman–Crippen LogP) is 4.54. The number of carbonyl (C=O) groups excluding carboxylic acids is 2. The Morgan fingerprint density at radius 2 is 1.95 bits per heavy atom. The van der Waals surface area contributed by atoms with Crippen LogP contribution in [-0.4, -0.2) is 43.9 Å². The van der Waals surface area contributed by atoms with Crippen LogP contribution in [0.15, 0.2) is 53.5 Å². The topological polar surface area (TPSA) is 109 Å². The molecule has 4 aromatic heterocycles. The summed E-state index contributed by atoms with van der Waals surface area (Å²) in [6.45, 7) is 3.71. The Bertz CT molecular complexity index is 1420. The number of pyridine rings is 2. The summed E-state index contributed by atoms with van der Waals surface area (Å²) >= 11 is 1.43. The van der Waals surface area contributed by atoms with Crippen LogP contribution in [0.3, 0.4) is 0 Å². The van der Waals surface area contributed by atoms with Gasteiger partial charge in [0.05, 0.1) is 18.2 Å². The van der Waals surface area contributed by atoms with Gasteiger partial charge in [0.2, 0.25) is 0 Å². The zero-order valence-corrected chi connectivity index (χ0v) is 21.4. The van der Waals surface area contributed by atoms with E-state index >= 15 is 0 Å². The first-order valence-electron chi connectivity index (χ1n) is 11.8. The number of aliphatic hydroxyl groups excluding tert-OH is 1. The molecule has 2 amide bonds. The van der Waals surface area contributed by atoms with Crippen molar-refractivity contribution in [3.63, 3.8) is 0 Å². The van der Waals surface area contributed by atoms with E-state index < -0.39 is 29.7 Å². The standard InChI is InChI=1S/C26H26F3N5O3S/c1-15(2)10-18(13-35)32-25(37)22-21(17-7-9-38-14-17)33-23-19(4-3-8-34(22)23)24(36)31-12-16-5-6-20(30-11-16)26(27,28)29/h3-9,11,14-15,18,35H,10,12-13H2,1-2H3,(H,31,36)(H,32,37)/t18-/m0/s1. The van der Waals surface area contributed by atoms with Gasteiger partial charge in [-0.05, 0) is 47.5 Å². The van der Waals surface area contributed by atoms with E-state index in [2.05, 4.69) is 20.6 Å². The number of aliphatic hydroxyl groups is 1. The third-order valence-electron chi connectivity index (χ3n) is 5.78. The largest absolute Gasteiger partial charge is 0.433 e. The fraction of sp³-hybridized carbons (Fsp3) is 0.308. The molecule has 0 fully saturated rings. The highest BCUT2D eigenvalue weighted by molar-refractivity contribution is 7.08. The maximum Gasteiger partial charge on any atom is 0.433 e. The van der Waals surface area contributed by atoms with Crippen molar-refractivity contribution in [3.05, 3.63) is 76.0 Å². The average Bonchev–Trinajstić information content (AvgIpc) is 3.54. The molecule has 4 heterocycles. The smallest absolute Gasteiger partial charge is 0.394 e. The molecule has 0 aliphatic carbocycles. The quantitative estimate of drug-likeness (QED) is 0.286. The van der Waals surface area contributed by atoms with Crippen molar-refractivity contribution >= 4 is 28.8 Å². The minimum Gasteiger partial charge on any atom is -0.394 e. The molecule has 0 aliphatic rings. The Hall–Kier alpha value is -3.77. The number of imidazole rings is 1. The van der Waals surface area contributed by atoms with Crippen molar-refractivity contribution < 1.29 is 27.9 Å². The molecule has 4 aromatic rings. The molecule has 0 unspecified atom stereocenters. The first kappa shape index (κ1) is 27.3. The van der Waals surface area contributed by atoms with E-state index in [9.17, 15) is 27.9 Å². The van der Waals surface area contributed by atoms with Gasteiger partial charge < -0.3 is 15.7 Å². The van der Waals surface area contributed by atoms with E-state index in [0.29, 0.717) is 23.2 Å². The number of amides is 2. The van der Waals surface area contributed by atoms with Crippen molar-refractivity contribution in [3.8, 4) is 11.3 Å². The highest BCUT2D eigenvalue weighted by atomic mass is 32.1. The Morgan fingerprint density at radius 3 is 2.55 bits per heavy atom. The van der Waals surface area contributed by atoms with Crippen LogP contribution >= 0.6 is 11.3 Å². The number of aromatic nitrogens is 3. The van der Waals surface area contributed by atoms with Gasteiger partial charge in [-0.1, -0.05) is 19.9 Å². The monoisotopic (exact) mass is 545 g/mol. The molecule has 12 heteroatoms. The number of hydrogen-bond acceptors (Lipinski definition) is 6. The lowest BCUT2D eigenvalue weighted by molar-refractivity contribution is -0.141. The summed E-state index contributed by atoms with van der Waals surface area (Å²) in [5.41, 5.74) is 1.11. The SMILES string of the molecule is CC(C)C[C@@H](CO)NC(=O)c1c(-c2ccsc2)nc2c(C(=O)NCc3ccc(C(F)(F)F)nc3)cccn12. The van der Waals surface area contributed by atoms with Crippen LogP contribution in [0.5, 0.6) is 0 Å². The lowest BCUT2D eigenvalue weighted by atomic mass is 10.0. The number of fused-ring (bicyclic) bond motifs is 1. The van der Waals surface area contributed by atoms with E-state index in [1.54, 1.807) is 18.3 Å². The molecule has 0 saturated heterocycles. The zero-order valence-electron chi connectivity index (χ0n) is 20.6. The van der Waals surface area contributed by atoms with Gasteiger partial charge in [-0.2, -0.15) is 24.5 Å². The Morgan fingerprint density at radius 1 is 1.16 bits per heavy atom. The van der Waals surface area contributed by atoms with Crippen LogP contribution < -0.4 is 10.6 Å². The second kappa shape index (κ2) is 11.3. The third kappa shape index (κ3) is 6.03. The number of alkyl halides is 3. The van der Waals surface area contributed by atoms with Crippen molar-refractivity contribution in [1.29, 1.82) is 0 Å². The first-order chi connectivity index (χ1) is 18.1. The second-order valence-electron chi connectivity index (χ2n) is 9.15. The first-order valence-corrected chi connectivity index (χ1v) is 12.8. The van der Waals surface area contributed by atoms with Crippen LogP contribution in [0.25, 0.3) is 16.9 Å². The fourth-order valence-corrected chi connectivity index (χ4v) is 4.68. The Kier molecular flexibility index (Phi) is 8.12. The summed E-state index contributed by atoms with van der Waals surface area (Å²) in [6, 6.07) is 6.63. The van der Waals surface area contributed by atoms with Gasteiger partial charge in [0.1, 0.15) is 17.1 Å². The van der Waals surface area contributed by atoms with Crippen LogP contribution in [0.4, 0.5) is 13.2 Å². The van der Waals surface area contributed by atoms with Gasteiger partial charge in [-0.25, -0.2) is 4.98 Å². The van der Waals surface area contributed by atoms with Crippen LogP contribution in [0.1, 0.15) is 52.4 Å². The summed E-state index contributed by atoms with van der Waals surface area (Å²) in [5.74, 6) is -0.703. The number of hydrogen-bond donors (Lipinski definition) is 3. The highest BCUT2D eigenvalue weighted by Crippen LogP contribution is 2.29. The van der Waals surface area contributed by atoms with Gasteiger partial charge in [0.15, 0.2) is 5.65 Å². The Labute approximate surface area is 220 Å². The van der Waals surface area contributed by atoms with Gasteiger partial charge in [-0.15, -0.1) is 0 Å². The number of nitrogens with zero attached hydrogens (tertiary/aromatic N) is 3. The van der Waals surface area contributed by atoms with Crippen LogP contribution in [-0.2, 0) is 12.7 Å². The van der Waals surface area contributed by atoms with Crippen molar-refractivity contribution in [2.24, 2.45) is 5.92 Å². The molecule has 0 saturated carbocycles. The molecule has 4 rings (SSSR count). The molecule has 0 radical (unpaired) electrons. The molecule has 8 nitrogen and oxygen atoms in total. The zero-order chi connectivity index (χ0) is 27.4.